The smallest absolute Gasteiger partial charge is 0.262 e. The molecule has 1 amide bonds. The summed E-state index contributed by atoms with van der Waals surface area (Å²) in [5, 5.41) is 2.79. The number of amides is 1. The number of ether oxygens (including phenoxy) is 1. The van der Waals surface area contributed by atoms with Crippen LogP contribution < -0.4 is 15.8 Å². The second-order valence-electron chi connectivity index (χ2n) is 4.31. The number of anilines is 2. The molecule has 104 valence electrons. The molecule has 0 saturated heterocycles. The zero-order valence-electron chi connectivity index (χ0n) is 11.0. The fourth-order valence-electron chi connectivity index (χ4n) is 1.65. The van der Waals surface area contributed by atoms with Crippen molar-refractivity contribution in [2.75, 3.05) is 17.7 Å². The molecule has 0 unspecified atom stereocenters. The van der Waals surface area contributed by atoms with Gasteiger partial charge in [0, 0.05) is 14.9 Å². The van der Waals surface area contributed by atoms with Gasteiger partial charge in [0.25, 0.3) is 5.91 Å². The lowest BCUT2D eigenvalue weighted by Gasteiger charge is -2.11. The zero-order valence-corrected chi connectivity index (χ0v) is 13.2. The van der Waals surface area contributed by atoms with E-state index < -0.39 is 0 Å². The summed E-state index contributed by atoms with van der Waals surface area (Å²) in [7, 11) is 0. The Morgan fingerprint density at radius 1 is 1.25 bits per heavy atom. The van der Waals surface area contributed by atoms with Crippen LogP contribution in [0.3, 0.4) is 0 Å². The summed E-state index contributed by atoms with van der Waals surface area (Å²) >= 11 is 2.21. The van der Waals surface area contributed by atoms with Gasteiger partial charge in [-0.05, 0) is 71.5 Å². The molecule has 0 saturated carbocycles. The number of carbonyl (C=O) groups excluding carboxylic acids is 1. The Labute approximate surface area is 131 Å². The first kappa shape index (κ1) is 14.6. The fourth-order valence-corrected chi connectivity index (χ4v) is 2.01. The van der Waals surface area contributed by atoms with Gasteiger partial charge in [0.1, 0.15) is 5.75 Å². The number of carbonyl (C=O) groups is 1. The molecular formula is C15H15IN2O2. The molecule has 0 bridgehead atoms. The van der Waals surface area contributed by atoms with Crippen molar-refractivity contribution < 1.29 is 9.53 Å². The van der Waals surface area contributed by atoms with E-state index in [0.29, 0.717) is 17.1 Å². The SMILES string of the molecule is Cc1c(N)cccc1NC(=O)COc1ccc(I)cc1. The number of nitrogens with one attached hydrogen (secondary N) is 1. The van der Waals surface area contributed by atoms with Gasteiger partial charge in [0.15, 0.2) is 6.61 Å². The Bertz CT molecular complexity index is 612. The molecule has 0 aliphatic rings. The molecule has 20 heavy (non-hydrogen) atoms. The minimum absolute atomic E-state index is 0.0329. The van der Waals surface area contributed by atoms with Crippen LogP contribution in [0.25, 0.3) is 0 Å². The Hall–Kier alpha value is -1.76. The maximum absolute atomic E-state index is 11.8. The molecule has 0 atom stereocenters. The number of nitrogens with two attached hydrogens (primary N) is 1. The molecule has 2 aromatic carbocycles. The number of rotatable bonds is 4. The van der Waals surface area contributed by atoms with Crippen molar-refractivity contribution in [2.24, 2.45) is 0 Å². The lowest BCUT2D eigenvalue weighted by Crippen LogP contribution is -2.20. The van der Waals surface area contributed by atoms with E-state index in [4.69, 9.17) is 10.5 Å². The first-order chi connectivity index (χ1) is 9.56. The third kappa shape index (κ3) is 3.86. The first-order valence-electron chi connectivity index (χ1n) is 6.09. The third-order valence-corrected chi connectivity index (χ3v) is 3.55. The van der Waals surface area contributed by atoms with Gasteiger partial charge in [-0.3, -0.25) is 4.79 Å². The summed E-state index contributed by atoms with van der Waals surface area (Å²) in [6, 6.07) is 12.9. The van der Waals surface area contributed by atoms with Crippen LogP contribution in [0, 0.1) is 10.5 Å². The molecule has 0 aromatic heterocycles. The van der Waals surface area contributed by atoms with Gasteiger partial charge >= 0.3 is 0 Å². The maximum Gasteiger partial charge on any atom is 0.262 e. The quantitative estimate of drug-likeness (QED) is 0.631. The predicted molar refractivity (Wildman–Crippen MR) is 88.9 cm³/mol. The number of benzene rings is 2. The minimum atomic E-state index is -0.211. The van der Waals surface area contributed by atoms with E-state index in [-0.39, 0.29) is 12.5 Å². The van der Waals surface area contributed by atoms with E-state index in [2.05, 4.69) is 27.9 Å². The second-order valence-corrected chi connectivity index (χ2v) is 5.56. The second kappa shape index (κ2) is 6.60. The van der Waals surface area contributed by atoms with Gasteiger partial charge < -0.3 is 15.8 Å². The maximum atomic E-state index is 11.8. The van der Waals surface area contributed by atoms with Crippen LogP contribution >= 0.6 is 22.6 Å². The van der Waals surface area contributed by atoms with Crippen molar-refractivity contribution in [1.29, 1.82) is 0 Å². The number of halogens is 1. The largest absolute Gasteiger partial charge is 0.484 e. The van der Waals surface area contributed by atoms with Crippen molar-refractivity contribution in [3.63, 3.8) is 0 Å². The van der Waals surface area contributed by atoms with Crippen molar-refractivity contribution >= 4 is 39.9 Å². The minimum Gasteiger partial charge on any atom is -0.484 e. The van der Waals surface area contributed by atoms with Crippen LogP contribution in [-0.4, -0.2) is 12.5 Å². The van der Waals surface area contributed by atoms with Gasteiger partial charge in [-0.25, -0.2) is 0 Å². The summed E-state index contributed by atoms with van der Waals surface area (Å²) < 4.78 is 6.54. The predicted octanol–water partition coefficient (Wildman–Crippen LogP) is 3.20. The number of hydrogen-bond acceptors (Lipinski definition) is 3. The fraction of sp³-hybridized carbons (Fsp3) is 0.133. The monoisotopic (exact) mass is 382 g/mol. The number of hydrogen-bond donors (Lipinski definition) is 2. The lowest BCUT2D eigenvalue weighted by atomic mass is 10.1. The van der Waals surface area contributed by atoms with Crippen molar-refractivity contribution in [2.45, 2.75) is 6.92 Å². The van der Waals surface area contributed by atoms with Gasteiger partial charge in [-0.1, -0.05) is 6.07 Å². The topological polar surface area (TPSA) is 64.3 Å². The van der Waals surface area contributed by atoms with Crippen LogP contribution in [0.1, 0.15) is 5.56 Å². The summed E-state index contributed by atoms with van der Waals surface area (Å²) in [4.78, 5) is 11.8. The molecule has 0 heterocycles. The molecule has 5 heteroatoms. The number of nitrogen functional groups attached to an aromatic ring is 1. The molecule has 4 nitrogen and oxygen atoms in total. The van der Waals surface area contributed by atoms with Crippen molar-refractivity contribution in [3.05, 3.63) is 51.6 Å². The summed E-state index contributed by atoms with van der Waals surface area (Å²) in [6.45, 7) is 1.83. The standard InChI is InChI=1S/C15H15IN2O2/c1-10-13(17)3-2-4-14(10)18-15(19)9-20-12-7-5-11(16)6-8-12/h2-8H,9,17H2,1H3,(H,18,19). The van der Waals surface area contributed by atoms with Crippen molar-refractivity contribution in [3.8, 4) is 5.75 Å². The summed E-state index contributed by atoms with van der Waals surface area (Å²) in [6.07, 6.45) is 0. The average molecular weight is 382 g/mol. The highest BCUT2D eigenvalue weighted by Crippen LogP contribution is 2.20. The Kier molecular flexibility index (Phi) is 4.84. The van der Waals surface area contributed by atoms with Crippen molar-refractivity contribution in [1.82, 2.24) is 0 Å². The van der Waals surface area contributed by atoms with Crippen LogP contribution in [0.2, 0.25) is 0 Å². The van der Waals surface area contributed by atoms with E-state index in [1.54, 1.807) is 12.1 Å². The van der Waals surface area contributed by atoms with E-state index in [1.165, 1.54) is 0 Å². The average Bonchev–Trinajstić information content (AvgIpc) is 2.43. The van der Waals surface area contributed by atoms with Crippen LogP contribution in [0.4, 0.5) is 11.4 Å². The molecule has 2 rings (SSSR count). The molecule has 0 fully saturated rings. The van der Waals surface area contributed by atoms with E-state index in [0.717, 1.165) is 9.13 Å². The normalized spacial score (nSPS) is 10.1. The van der Waals surface area contributed by atoms with E-state index in [9.17, 15) is 4.79 Å². The molecule has 2 aromatic rings. The Morgan fingerprint density at radius 3 is 2.65 bits per heavy atom. The van der Waals surface area contributed by atoms with Crippen LogP contribution in [0.15, 0.2) is 42.5 Å². The zero-order chi connectivity index (χ0) is 14.5. The molecule has 0 spiro atoms. The third-order valence-electron chi connectivity index (χ3n) is 2.83. The molecule has 0 radical (unpaired) electrons. The molecular weight excluding hydrogens is 367 g/mol. The Morgan fingerprint density at radius 2 is 1.95 bits per heavy atom. The first-order valence-corrected chi connectivity index (χ1v) is 7.17. The molecule has 3 N–H and O–H groups in total. The highest BCUT2D eigenvalue weighted by atomic mass is 127. The Balaban J connectivity index is 1.92. The van der Waals surface area contributed by atoms with Crippen LogP contribution in [-0.2, 0) is 4.79 Å². The highest BCUT2D eigenvalue weighted by Gasteiger charge is 2.07. The lowest BCUT2D eigenvalue weighted by molar-refractivity contribution is -0.118. The van der Waals surface area contributed by atoms with Gasteiger partial charge in [-0.2, -0.15) is 0 Å². The van der Waals surface area contributed by atoms with E-state index in [1.807, 2.05) is 37.3 Å². The van der Waals surface area contributed by atoms with Gasteiger partial charge in [0.05, 0.1) is 0 Å². The molecule has 0 aliphatic carbocycles. The summed E-state index contributed by atoms with van der Waals surface area (Å²) in [5.74, 6) is 0.460. The molecule has 0 aliphatic heterocycles. The van der Waals surface area contributed by atoms with Gasteiger partial charge in [0.2, 0.25) is 0 Å². The summed E-state index contributed by atoms with van der Waals surface area (Å²) in [5.41, 5.74) is 8.01. The van der Waals surface area contributed by atoms with Crippen LogP contribution in [0.5, 0.6) is 5.75 Å². The van der Waals surface area contributed by atoms with Gasteiger partial charge in [-0.15, -0.1) is 0 Å². The van der Waals surface area contributed by atoms with E-state index >= 15 is 0 Å². The highest BCUT2D eigenvalue weighted by molar-refractivity contribution is 14.1.